The highest BCUT2D eigenvalue weighted by atomic mass is 127. The molecule has 2 nitrogen and oxygen atoms in total. The molecule has 0 aliphatic carbocycles. The summed E-state index contributed by atoms with van der Waals surface area (Å²) < 4.78 is 0.776. The van der Waals surface area contributed by atoms with Crippen molar-refractivity contribution in [3.8, 4) is 11.1 Å². The molecular formula is C10H5Cl2IN2. The first-order valence-corrected chi connectivity index (χ1v) is 5.94. The molecule has 0 saturated carbocycles. The number of rotatable bonds is 1. The predicted molar refractivity (Wildman–Crippen MR) is 70.2 cm³/mol. The van der Waals surface area contributed by atoms with Crippen LogP contribution < -0.4 is 0 Å². The first-order chi connectivity index (χ1) is 7.18. The first-order valence-electron chi connectivity index (χ1n) is 4.10. The molecule has 0 radical (unpaired) electrons. The molecule has 2 heterocycles. The van der Waals surface area contributed by atoms with Gasteiger partial charge in [-0.05, 0) is 40.8 Å². The summed E-state index contributed by atoms with van der Waals surface area (Å²) in [6.07, 6.45) is 3.38. The number of aromatic nitrogens is 2. The van der Waals surface area contributed by atoms with Crippen LogP contribution in [-0.2, 0) is 0 Å². The number of halogens is 3. The molecule has 0 spiro atoms. The van der Waals surface area contributed by atoms with Crippen molar-refractivity contribution in [1.29, 1.82) is 0 Å². The van der Waals surface area contributed by atoms with Crippen LogP contribution in [0.25, 0.3) is 11.1 Å². The molecule has 0 aliphatic heterocycles. The third kappa shape index (κ3) is 2.41. The highest BCUT2D eigenvalue weighted by Crippen LogP contribution is 2.28. The van der Waals surface area contributed by atoms with Gasteiger partial charge in [0.25, 0.3) is 0 Å². The Morgan fingerprint density at radius 2 is 2.00 bits per heavy atom. The standard InChI is InChI=1S/C10H5Cl2IN2/c11-8-4-6(5-15-10(8)13)7-2-1-3-14-9(7)12/h1-5H. The monoisotopic (exact) mass is 350 g/mol. The van der Waals surface area contributed by atoms with E-state index in [2.05, 4.69) is 32.6 Å². The van der Waals surface area contributed by atoms with Gasteiger partial charge in [-0.1, -0.05) is 23.2 Å². The molecule has 2 aromatic rings. The molecule has 0 bridgehead atoms. The molecule has 5 heteroatoms. The zero-order valence-electron chi connectivity index (χ0n) is 7.42. The van der Waals surface area contributed by atoms with Crippen LogP contribution in [0.15, 0.2) is 30.6 Å². The van der Waals surface area contributed by atoms with E-state index < -0.39 is 0 Å². The Bertz CT molecular complexity index is 503. The average molecular weight is 351 g/mol. The summed E-state index contributed by atoms with van der Waals surface area (Å²) >= 11 is 14.0. The molecule has 0 unspecified atom stereocenters. The zero-order chi connectivity index (χ0) is 10.8. The smallest absolute Gasteiger partial charge is 0.136 e. The summed E-state index contributed by atoms with van der Waals surface area (Å²) in [6, 6.07) is 5.54. The largest absolute Gasteiger partial charge is 0.248 e. The normalized spacial score (nSPS) is 10.3. The topological polar surface area (TPSA) is 25.8 Å². The van der Waals surface area contributed by atoms with Crippen LogP contribution in [0.5, 0.6) is 0 Å². The van der Waals surface area contributed by atoms with Crippen LogP contribution >= 0.6 is 45.8 Å². The van der Waals surface area contributed by atoms with E-state index in [1.807, 2.05) is 18.2 Å². The van der Waals surface area contributed by atoms with Crippen molar-refractivity contribution in [3.63, 3.8) is 0 Å². The molecule has 2 rings (SSSR count). The summed E-state index contributed by atoms with van der Waals surface area (Å²) in [4.78, 5) is 8.16. The maximum absolute atomic E-state index is 5.98. The van der Waals surface area contributed by atoms with Crippen molar-refractivity contribution in [3.05, 3.63) is 44.5 Å². The summed E-state index contributed by atoms with van der Waals surface area (Å²) in [5.41, 5.74) is 1.71. The molecule has 76 valence electrons. The minimum absolute atomic E-state index is 0.455. The van der Waals surface area contributed by atoms with Crippen molar-refractivity contribution < 1.29 is 0 Å². The summed E-state index contributed by atoms with van der Waals surface area (Å²) in [5, 5.41) is 1.07. The lowest BCUT2D eigenvalue weighted by Gasteiger charge is -2.03. The van der Waals surface area contributed by atoms with Crippen molar-refractivity contribution in [2.45, 2.75) is 0 Å². The van der Waals surface area contributed by atoms with Crippen LogP contribution in [-0.4, -0.2) is 9.97 Å². The number of hydrogen-bond donors (Lipinski definition) is 0. The van der Waals surface area contributed by atoms with Gasteiger partial charge in [0.05, 0.1) is 5.02 Å². The minimum Gasteiger partial charge on any atom is -0.248 e. The van der Waals surface area contributed by atoms with Gasteiger partial charge in [-0.2, -0.15) is 0 Å². The van der Waals surface area contributed by atoms with E-state index in [0.29, 0.717) is 10.2 Å². The minimum atomic E-state index is 0.455. The lowest BCUT2D eigenvalue weighted by atomic mass is 10.1. The van der Waals surface area contributed by atoms with Crippen molar-refractivity contribution in [1.82, 2.24) is 9.97 Å². The van der Waals surface area contributed by atoms with Crippen LogP contribution in [0.3, 0.4) is 0 Å². The van der Waals surface area contributed by atoms with Crippen molar-refractivity contribution in [2.24, 2.45) is 0 Å². The zero-order valence-corrected chi connectivity index (χ0v) is 11.1. The predicted octanol–water partition coefficient (Wildman–Crippen LogP) is 4.06. The van der Waals surface area contributed by atoms with Gasteiger partial charge >= 0.3 is 0 Å². The molecule has 0 atom stereocenters. The Morgan fingerprint density at radius 1 is 1.20 bits per heavy atom. The third-order valence-corrected chi connectivity index (χ3v) is 3.63. The summed E-state index contributed by atoms with van der Waals surface area (Å²) in [5.74, 6) is 0. The lowest BCUT2D eigenvalue weighted by molar-refractivity contribution is 1.26. The van der Waals surface area contributed by atoms with Gasteiger partial charge in [0.2, 0.25) is 0 Å². The van der Waals surface area contributed by atoms with Crippen LogP contribution in [0.1, 0.15) is 0 Å². The SMILES string of the molecule is Clc1cc(-c2cccnc2Cl)cnc1I. The maximum atomic E-state index is 5.98. The molecule has 0 fully saturated rings. The summed E-state index contributed by atoms with van der Waals surface area (Å²) in [7, 11) is 0. The van der Waals surface area contributed by atoms with Gasteiger partial charge in [0.15, 0.2) is 0 Å². The Hall–Kier alpha value is -0.390. The average Bonchev–Trinajstić information content (AvgIpc) is 2.23. The highest BCUT2D eigenvalue weighted by molar-refractivity contribution is 14.1. The van der Waals surface area contributed by atoms with Crippen molar-refractivity contribution >= 4 is 45.8 Å². The fraction of sp³-hybridized carbons (Fsp3) is 0. The first kappa shape index (κ1) is 11.1. The Morgan fingerprint density at radius 3 is 2.67 bits per heavy atom. The van der Waals surface area contributed by atoms with Gasteiger partial charge in [-0.3, -0.25) is 0 Å². The van der Waals surface area contributed by atoms with Crippen LogP contribution in [0, 0.1) is 3.70 Å². The number of nitrogens with zero attached hydrogens (tertiary/aromatic N) is 2. The van der Waals surface area contributed by atoms with Gasteiger partial charge in [-0.15, -0.1) is 0 Å². The van der Waals surface area contributed by atoms with Gasteiger partial charge in [0.1, 0.15) is 8.85 Å². The van der Waals surface area contributed by atoms with E-state index >= 15 is 0 Å². The molecule has 0 N–H and O–H groups in total. The van der Waals surface area contributed by atoms with E-state index in [1.54, 1.807) is 12.4 Å². The second-order valence-corrected chi connectivity index (χ2v) is 4.63. The fourth-order valence-corrected chi connectivity index (χ4v) is 1.86. The quantitative estimate of drug-likeness (QED) is 0.572. The van der Waals surface area contributed by atoms with Crippen LogP contribution in [0.2, 0.25) is 10.2 Å². The van der Waals surface area contributed by atoms with E-state index in [0.717, 1.165) is 14.8 Å². The van der Waals surface area contributed by atoms with Crippen molar-refractivity contribution in [2.75, 3.05) is 0 Å². The molecule has 0 aromatic carbocycles. The number of pyridine rings is 2. The van der Waals surface area contributed by atoms with E-state index in [9.17, 15) is 0 Å². The van der Waals surface area contributed by atoms with Gasteiger partial charge in [0, 0.05) is 23.5 Å². The number of hydrogen-bond acceptors (Lipinski definition) is 2. The van der Waals surface area contributed by atoms with Gasteiger partial charge in [-0.25, -0.2) is 9.97 Å². The third-order valence-electron chi connectivity index (χ3n) is 1.87. The highest BCUT2D eigenvalue weighted by Gasteiger charge is 2.06. The fourth-order valence-electron chi connectivity index (χ4n) is 1.17. The molecule has 2 aromatic heterocycles. The van der Waals surface area contributed by atoms with Gasteiger partial charge < -0.3 is 0 Å². The lowest BCUT2D eigenvalue weighted by Crippen LogP contribution is -1.87. The molecule has 0 aliphatic rings. The molecule has 15 heavy (non-hydrogen) atoms. The van der Waals surface area contributed by atoms with E-state index in [1.165, 1.54) is 0 Å². The molecular weight excluding hydrogens is 346 g/mol. The Balaban J connectivity index is 2.55. The molecule has 0 amide bonds. The Labute approximate surface area is 111 Å². The van der Waals surface area contributed by atoms with Crippen LogP contribution in [0.4, 0.5) is 0 Å². The van der Waals surface area contributed by atoms with E-state index in [-0.39, 0.29) is 0 Å². The maximum Gasteiger partial charge on any atom is 0.136 e. The second-order valence-electron chi connectivity index (χ2n) is 2.84. The van der Waals surface area contributed by atoms with E-state index in [4.69, 9.17) is 23.2 Å². The second kappa shape index (κ2) is 4.63. The Kier molecular flexibility index (Phi) is 3.43. The summed E-state index contributed by atoms with van der Waals surface area (Å²) in [6.45, 7) is 0. The molecule has 0 saturated heterocycles.